The van der Waals surface area contributed by atoms with Crippen molar-refractivity contribution in [1.82, 2.24) is 4.98 Å². The zero-order chi connectivity index (χ0) is 13.1. The van der Waals surface area contributed by atoms with Gasteiger partial charge in [-0.3, -0.25) is 4.79 Å². The van der Waals surface area contributed by atoms with Crippen LogP contribution in [0.5, 0.6) is 0 Å². The van der Waals surface area contributed by atoms with Crippen LogP contribution in [0.2, 0.25) is 10.2 Å². The molecule has 0 aliphatic rings. The maximum Gasteiger partial charge on any atom is 0.257 e. The van der Waals surface area contributed by atoms with Crippen LogP contribution in [0.25, 0.3) is 0 Å². The molecular weight excluding hydrogens is 278 g/mol. The van der Waals surface area contributed by atoms with Crippen molar-refractivity contribution in [2.75, 3.05) is 5.32 Å². The quantitative estimate of drug-likeness (QED) is 0.853. The molecule has 0 unspecified atom stereocenters. The van der Waals surface area contributed by atoms with Gasteiger partial charge < -0.3 is 5.32 Å². The summed E-state index contributed by atoms with van der Waals surface area (Å²) < 4.78 is 13.4. The minimum Gasteiger partial charge on any atom is -0.319 e. The van der Waals surface area contributed by atoms with Crippen LogP contribution in [-0.4, -0.2) is 10.9 Å². The Hall–Kier alpha value is -1.65. The van der Waals surface area contributed by atoms with Gasteiger partial charge in [-0.25, -0.2) is 9.37 Å². The fourth-order valence-corrected chi connectivity index (χ4v) is 1.58. The van der Waals surface area contributed by atoms with E-state index < -0.39 is 11.7 Å². The molecule has 0 aliphatic carbocycles. The van der Waals surface area contributed by atoms with Gasteiger partial charge in [0.05, 0.1) is 11.3 Å². The Morgan fingerprint density at radius 3 is 2.67 bits per heavy atom. The summed E-state index contributed by atoms with van der Waals surface area (Å²) in [6.07, 6.45) is 1.31. The molecule has 2 aromatic rings. The van der Waals surface area contributed by atoms with Gasteiger partial charge in [-0.2, -0.15) is 0 Å². The number of pyridine rings is 1. The van der Waals surface area contributed by atoms with E-state index >= 15 is 0 Å². The van der Waals surface area contributed by atoms with Gasteiger partial charge in [0.1, 0.15) is 11.0 Å². The van der Waals surface area contributed by atoms with Crippen molar-refractivity contribution in [3.8, 4) is 0 Å². The van der Waals surface area contributed by atoms with Gasteiger partial charge in [-0.05, 0) is 30.3 Å². The van der Waals surface area contributed by atoms with Crippen molar-refractivity contribution in [3.05, 3.63) is 58.1 Å². The maximum atomic E-state index is 13.4. The van der Waals surface area contributed by atoms with Crippen molar-refractivity contribution in [2.45, 2.75) is 0 Å². The van der Waals surface area contributed by atoms with Gasteiger partial charge in [-0.15, -0.1) is 0 Å². The predicted octanol–water partition coefficient (Wildman–Crippen LogP) is 3.78. The topological polar surface area (TPSA) is 42.0 Å². The predicted molar refractivity (Wildman–Crippen MR) is 68.6 cm³/mol. The average Bonchev–Trinajstić information content (AvgIpc) is 2.34. The molecule has 3 nitrogen and oxygen atoms in total. The Bertz CT molecular complexity index is 587. The normalized spacial score (nSPS) is 10.2. The van der Waals surface area contributed by atoms with E-state index in [2.05, 4.69) is 10.3 Å². The van der Waals surface area contributed by atoms with E-state index in [-0.39, 0.29) is 16.4 Å². The minimum absolute atomic E-state index is 0.0162. The molecular formula is C12H7Cl2FN2O. The molecule has 92 valence electrons. The monoisotopic (exact) mass is 284 g/mol. The first-order valence-corrected chi connectivity index (χ1v) is 5.70. The summed E-state index contributed by atoms with van der Waals surface area (Å²) in [5.74, 6) is -1.05. The molecule has 0 aliphatic heterocycles. The van der Waals surface area contributed by atoms with E-state index in [1.807, 2.05) is 0 Å². The lowest BCUT2D eigenvalue weighted by molar-refractivity contribution is 0.102. The van der Waals surface area contributed by atoms with E-state index in [9.17, 15) is 9.18 Å². The molecule has 2 rings (SSSR count). The SMILES string of the molecule is O=C(Nc1cc(Cl)ccc1F)c1ccc(Cl)nc1. The number of carbonyl (C=O) groups is 1. The fourth-order valence-electron chi connectivity index (χ4n) is 1.30. The molecule has 1 N–H and O–H groups in total. The number of nitrogens with one attached hydrogen (secondary N) is 1. The number of carbonyl (C=O) groups excluding carboxylic acids is 1. The van der Waals surface area contributed by atoms with Crippen molar-refractivity contribution in [1.29, 1.82) is 0 Å². The molecule has 0 saturated heterocycles. The number of amides is 1. The van der Waals surface area contributed by atoms with Gasteiger partial charge in [0.15, 0.2) is 0 Å². The number of benzene rings is 1. The molecule has 0 saturated carbocycles. The molecule has 0 bridgehead atoms. The molecule has 6 heteroatoms. The van der Waals surface area contributed by atoms with Gasteiger partial charge in [0, 0.05) is 11.2 Å². The van der Waals surface area contributed by atoms with E-state index in [0.717, 1.165) is 0 Å². The zero-order valence-electron chi connectivity index (χ0n) is 8.95. The Morgan fingerprint density at radius 2 is 2.00 bits per heavy atom. The van der Waals surface area contributed by atoms with Crippen molar-refractivity contribution in [3.63, 3.8) is 0 Å². The molecule has 0 spiro atoms. The van der Waals surface area contributed by atoms with Crippen LogP contribution in [0.3, 0.4) is 0 Å². The summed E-state index contributed by atoms with van der Waals surface area (Å²) in [6.45, 7) is 0. The van der Waals surface area contributed by atoms with Crippen LogP contribution < -0.4 is 5.32 Å². The number of anilines is 1. The molecule has 1 aromatic carbocycles. The Kier molecular flexibility index (Phi) is 3.79. The van der Waals surface area contributed by atoms with Crippen molar-refractivity contribution < 1.29 is 9.18 Å². The van der Waals surface area contributed by atoms with Crippen LogP contribution in [0, 0.1) is 5.82 Å². The Balaban J connectivity index is 2.21. The third-order valence-electron chi connectivity index (χ3n) is 2.17. The lowest BCUT2D eigenvalue weighted by Crippen LogP contribution is -2.13. The highest BCUT2D eigenvalue weighted by Gasteiger charge is 2.10. The van der Waals surface area contributed by atoms with Gasteiger partial charge in [0.25, 0.3) is 5.91 Å². The van der Waals surface area contributed by atoms with E-state index in [1.54, 1.807) is 0 Å². The summed E-state index contributed by atoms with van der Waals surface area (Å²) in [6, 6.07) is 6.88. The fraction of sp³-hybridized carbons (Fsp3) is 0. The van der Waals surface area contributed by atoms with Crippen molar-refractivity contribution in [2.24, 2.45) is 0 Å². The second kappa shape index (κ2) is 5.33. The number of hydrogen-bond acceptors (Lipinski definition) is 2. The second-order valence-corrected chi connectivity index (χ2v) is 4.27. The summed E-state index contributed by atoms with van der Waals surface area (Å²) in [4.78, 5) is 15.6. The summed E-state index contributed by atoms with van der Waals surface area (Å²) >= 11 is 11.3. The van der Waals surface area contributed by atoms with Crippen LogP contribution >= 0.6 is 23.2 Å². The van der Waals surface area contributed by atoms with Crippen LogP contribution in [0.15, 0.2) is 36.5 Å². The van der Waals surface area contributed by atoms with Crippen LogP contribution in [0.4, 0.5) is 10.1 Å². The summed E-state index contributed by atoms with van der Waals surface area (Å²) in [7, 11) is 0. The lowest BCUT2D eigenvalue weighted by atomic mass is 10.2. The highest BCUT2D eigenvalue weighted by Crippen LogP contribution is 2.20. The number of halogens is 3. The highest BCUT2D eigenvalue weighted by atomic mass is 35.5. The maximum absolute atomic E-state index is 13.4. The van der Waals surface area contributed by atoms with Crippen molar-refractivity contribution >= 4 is 34.8 Å². The number of rotatable bonds is 2. The molecule has 0 radical (unpaired) electrons. The first-order valence-electron chi connectivity index (χ1n) is 4.94. The first-order chi connectivity index (χ1) is 8.56. The Labute approximate surface area is 113 Å². The lowest BCUT2D eigenvalue weighted by Gasteiger charge is -2.06. The van der Waals surface area contributed by atoms with Gasteiger partial charge in [-0.1, -0.05) is 23.2 Å². The zero-order valence-corrected chi connectivity index (χ0v) is 10.5. The smallest absolute Gasteiger partial charge is 0.257 e. The molecule has 1 heterocycles. The molecule has 18 heavy (non-hydrogen) atoms. The van der Waals surface area contributed by atoms with E-state index in [1.165, 1.54) is 36.5 Å². The molecule has 1 amide bonds. The Morgan fingerprint density at radius 1 is 1.22 bits per heavy atom. The average molecular weight is 285 g/mol. The number of nitrogens with zero attached hydrogens (tertiary/aromatic N) is 1. The number of aromatic nitrogens is 1. The van der Waals surface area contributed by atoms with Gasteiger partial charge >= 0.3 is 0 Å². The first kappa shape index (κ1) is 12.8. The second-order valence-electron chi connectivity index (χ2n) is 3.45. The summed E-state index contributed by atoms with van der Waals surface area (Å²) in [5, 5.41) is 3.02. The van der Waals surface area contributed by atoms with Gasteiger partial charge in [0.2, 0.25) is 0 Å². The third kappa shape index (κ3) is 2.97. The van der Waals surface area contributed by atoms with E-state index in [4.69, 9.17) is 23.2 Å². The minimum atomic E-state index is -0.560. The van der Waals surface area contributed by atoms with Crippen LogP contribution in [-0.2, 0) is 0 Å². The number of hydrogen-bond donors (Lipinski definition) is 1. The molecule has 0 fully saturated rings. The molecule has 1 aromatic heterocycles. The van der Waals surface area contributed by atoms with E-state index in [0.29, 0.717) is 5.02 Å². The standard InChI is InChI=1S/C12H7Cl2FN2O/c13-8-2-3-9(15)10(5-8)17-12(18)7-1-4-11(14)16-6-7/h1-6H,(H,17,18). The largest absolute Gasteiger partial charge is 0.319 e. The van der Waals surface area contributed by atoms with Crippen LogP contribution in [0.1, 0.15) is 10.4 Å². The molecule has 0 atom stereocenters. The highest BCUT2D eigenvalue weighted by molar-refractivity contribution is 6.31. The third-order valence-corrected chi connectivity index (χ3v) is 2.62. The summed E-state index contributed by atoms with van der Waals surface area (Å²) in [5.41, 5.74) is 0.293.